The van der Waals surface area contributed by atoms with Crippen molar-refractivity contribution in [2.45, 2.75) is 69.9 Å². The SMILES string of the molecule is C[C@]12C[C@H]3CCCC[C@@H](O1)C3C[C@@H]2OCc1c(F)cccc1F. The highest BCUT2D eigenvalue weighted by molar-refractivity contribution is 5.19. The number of hydrogen-bond acceptors (Lipinski definition) is 2. The molecule has 0 aromatic heterocycles. The van der Waals surface area contributed by atoms with Gasteiger partial charge in [-0.1, -0.05) is 18.9 Å². The van der Waals surface area contributed by atoms with Crippen molar-refractivity contribution in [3.63, 3.8) is 0 Å². The number of ether oxygens (including phenoxy) is 2. The predicted molar refractivity (Wildman–Crippen MR) is 82.9 cm³/mol. The highest BCUT2D eigenvalue weighted by atomic mass is 19.1. The molecule has 126 valence electrons. The topological polar surface area (TPSA) is 18.5 Å². The zero-order chi connectivity index (χ0) is 16.0. The highest BCUT2D eigenvalue weighted by Crippen LogP contribution is 2.53. The van der Waals surface area contributed by atoms with E-state index in [1.54, 1.807) is 0 Å². The lowest BCUT2D eigenvalue weighted by Crippen LogP contribution is -2.60. The van der Waals surface area contributed by atoms with E-state index in [-0.39, 0.29) is 23.9 Å². The maximum Gasteiger partial charge on any atom is 0.131 e. The second-order valence-electron chi connectivity index (χ2n) is 7.62. The summed E-state index contributed by atoms with van der Waals surface area (Å²) in [6, 6.07) is 3.94. The second kappa shape index (κ2) is 5.82. The molecule has 2 saturated heterocycles. The van der Waals surface area contributed by atoms with Crippen LogP contribution in [0, 0.1) is 23.5 Å². The van der Waals surface area contributed by atoms with Gasteiger partial charge >= 0.3 is 0 Å². The van der Waals surface area contributed by atoms with Gasteiger partial charge in [-0.3, -0.25) is 0 Å². The van der Waals surface area contributed by atoms with Crippen LogP contribution < -0.4 is 0 Å². The van der Waals surface area contributed by atoms with E-state index in [1.165, 1.54) is 37.5 Å². The summed E-state index contributed by atoms with van der Waals surface area (Å²) in [4.78, 5) is 0. The van der Waals surface area contributed by atoms with Gasteiger partial charge in [0.1, 0.15) is 11.6 Å². The Bertz CT molecular complexity index is 552. The van der Waals surface area contributed by atoms with Crippen LogP contribution in [-0.2, 0) is 16.1 Å². The Balaban J connectivity index is 1.49. The monoisotopic (exact) mass is 322 g/mol. The van der Waals surface area contributed by atoms with E-state index in [4.69, 9.17) is 9.47 Å². The van der Waals surface area contributed by atoms with Crippen molar-refractivity contribution in [2.24, 2.45) is 11.8 Å². The zero-order valence-electron chi connectivity index (χ0n) is 13.6. The summed E-state index contributed by atoms with van der Waals surface area (Å²) in [5.74, 6) is 0.206. The van der Waals surface area contributed by atoms with Crippen molar-refractivity contribution in [1.29, 1.82) is 0 Å². The van der Waals surface area contributed by atoms with Gasteiger partial charge < -0.3 is 9.47 Å². The first kappa shape index (κ1) is 15.5. The van der Waals surface area contributed by atoms with E-state index in [0.717, 1.165) is 25.2 Å². The Morgan fingerprint density at radius 2 is 1.96 bits per heavy atom. The summed E-state index contributed by atoms with van der Waals surface area (Å²) in [6.07, 6.45) is 7.23. The second-order valence-corrected chi connectivity index (χ2v) is 7.62. The molecular formula is C19H24F2O2. The molecule has 4 heteroatoms. The molecule has 4 bridgehead atoms. The van der Waals surface area contributed by atoms with E-state index in [2.05, 4.69) is 6.92 Å². The minimum absolute atomic E-state index is 0.0231. The van der Waals surface area contributed by atoms with Crippen LogP contribution >= 0.6 is 0 Å². The van der Waals surface area contributed by atoms with Gasteiger partial charge in [0.25, 0.3) is 0 Å². The smallest absolute Gasteiger partial charge is 0.131 e. The summed E-state index contributed by atoms with van der Waals surface area (Å²) in [5, 5.41) is 0. The third kappa shape index (κ3) is 2.70. The third-order valence-corrected chi connectivity index (χ3v) is 6.14. The largest absolute Gasteiger partial charge is 0.370 e. The number of benzene rings is 1. The molecule has 2 aliphatic carbocycles. The van der Waals surface area contributed by atoms with E-state index < -0.39 is 11.6 Å². The minimum Gasteiger partial charge on any atom is -0.370 e. The van der Waals surface area contributed by atoms with Crippen LogP contribution in [-0.4, -0.2) is 17.8 Å². The van der Waals surface area contributed by atoms with Crippen molar-refractivity contribution in [3.8, 4) is 0 Å². The lowest BCUT2D eigenvalue weighted by atomic mass is 9.65. The van der Waals surface area contributed by atoms with Crippen LogP contribution in [0.4, 0.5) is 8.78 Å². The lowest BCUT2D eigenvalue weighted by molar-refractivity contribution is -0.267. The van der Waals surface area contributed by atoms with Gasteiger partial charge in [-0.15, -0.1) is 0 Å². The fraction of sp³-hybridized carbons (Fsp3) is 0.684. The Hall–Kier alpha value is -1.00. The Morgan fingerprint density at radius 3 is 2.70 bits per heavy atom. The summed E-state index contributed by atoms with van der Waals surface area (Å²) in [5.41, 5.74) is -0.286. The molecular weight excluding hydrogens is 298 g/mol. The van der Waals surface area contributed by atoms with Gasteiger partial charge in [-0.25, -0.2) is 8.78 Å². The van der Waals surface area contributed by atoms with Crippen molar-refractivity contribution in [1.82, 2.24) is 0 Å². The van der Waals surface area contributed by atoms with Gasteiger partial charge in [0, 0.05) is 5.56 Å². The van der Waals surface area contributed by atoms with E-state index in [1.807, 2.05) is 0 Å². The Kier molecular flexibility index (Phi) is 3.93. The normalized spacial score (nSPS) is 39.3. The van der Waals surface area contributed by atoms with E-state index in [9.17, 15) is 8.78 Å². The van der Waals surface area contributed by atoms with Crippen LogP contribution in [0.1, 0.15) is 51.0 Å². The molecule has 1 aromatic carbocycles. The molecule has 1 aromatic rings. The molecule has 1 unspecified atom stereocenters. The molecule has 2 saturated carbocycles. The maximum atomic E-state index is 13.8. The number of hydrogen-bond donors (Lipinski definition) is 0. The van der Waals surface area contributed by atoms with Crippen LogP contribution in [0.5, 0.6) is 0 Å². The molecule has 4 aliphatic rings. The molecule has 2 heterocycles. The van der Waals surface area contributed by atoms with Gasteiger partial charge in [0.2, 0.25) is 0 Å². The van der Waals surface area contributed by atoms with Crippen molar-refractivity contribution < 1.29 is 18.3 Å². The average molecular weight is 322 g/mol. The molecule has 0 radical (unpaired) electrons. The molecule has 0 N–H and O–H groups in total. The molecule has 5 atom stereocenters. The Morgan fingerprint density at radius 1 is 1.22 bits per heavy atom. The average Bonchev–Trinajstić information content (AvgIpc) is 2.64. The van der Waals surface area contributed by atoms with Crippen molar-refractivity contribution in [2.75, 3.05) is 0 Å². The van der Waals surface area contributed by atoms with E-state index in [0.29, 0.717) is 12.0 Å². The van der Waals surface area contributed by atoms with Crippen LogP contribution in [0.2, 0.25) is 0 Å². The summed E-state index contributed by atoms with van der Waals surface area (Å²) in [7, 11) is 0. The van der Waals surface area contributed by atoms with Crippen LogP contribution in [0.15, 0.2) is 18.2 Å². The third-order valence-electron chi connectivity index (χ3n) is 6.14. The molecule has 2 nitrogen and oxygen atoms in total. The van der Waals surface area contributed by atoms with Gasteiger partial charge in [-0.2, -0.15) is 0 Å². The molecule has 23 heavy (non-hydrogen) atoms. The predicted octanol–water partition coefficient (Wildman–Crippen LogP) is 4.61. The first-order chi connectivity index (χ1) is 11.1. The van der Waals surface area contributed by atoms with Gasteiger partial charge in [-0.05, 0) is 56.6 Å². The van der Waals surface area contributed by atoms with Crippen molar-refractivity contribution >= 4 is 0 Å². The number of fused-ring (bicyclic) bond motifs is 1. The van der Waals surface area contributed by atoms with Gasteiger partial charge in [0.05, 0.1) is 24.4 Å². The molecule has 5 rings (SSSR count). The fourth-order valence-electron chi connectivity index (χ4n) is 4.94. The molecule has 0 spiro atoms. The number of rotatable bonds is 3. The highest BCUT2D eigenvalue weighted by Gasteiger charge is 2.55. The zero-order valence-corrected chi connectivity index (χ0v) is 13.6. The summed E-state index contributed by atoms with van der Waals surface area (Å²) < 4.78 is 39.9. The van der Waals surface area contributed by atoms with Gasteiger partial charge in [0.15, 0.2) is 0 Å². The van der Waals surface area contributed by atoms with E-state index >= 15 is 0 Å². The van der Waals surface area contributed by atoms with Crippen LogP contribution in [0.3, 0.4) is 0 Å². The lowest BCUT2D eigenvalue weighted by Gasteiger charge is -2.56. The maximum absolute atomic E-state index is 13.8. The molecule has 2 aliphatic heterocycles. The first-order valence-corrected chi connectivity index (χ1v) is 8.79. The number of halogens is 2. The quantitative estimate of drug-likeness (QED) is 0.809. The fourth-order valence-corrected chi connectivity index (χ4v) is 4.94. The van der Waals surface area contributed by atoms with Crippen LogP contribution in [0.25, 0.3) is 0 Å². The summed E-state index contributed by atoms with van der Waals surface area (Å²) in [6.45, 7) is 2.10. The Labute approximate surface area is 136 Å². The summed E-state index contributed by atoms with van der Waals surface area (Å²) >= 11 is 0. The molecule has 4 fully saturated rings. The standard InChI is InChI=1S/C19H24F2O2/c1-19-10-12-5-2-3-8-17(23-19)13(12)9-18(19)22-11-14-15(20)6-4-7-16(14)21/h4,6-7,12-13,17-18H,2-3,5,8-11H2,1H3/t12-,13?,17-,18+,19-/m1/s1. The minimum atomic E-state index is -0.536. The first-order valence-electron chi connectivity index (χ1n) is 8.79. The van der Waals surface area contributed by atoms with Crippen molar-refractivity contribution in [3.05, 3.63) is 35.4 Å². The molecule has 0 amide bonds.